The fourth-order valence-corrected chi connectivity index (χ4v) is 1.95. The van der Waals surface area contributed by atoms with Crippen LogP contribution in [0, 0.1) is 5.41 Å². The zero-order valence-electron chi connectivity index (χ0n) is 14.9. The zero-order chi connectivity index (χ0) is 16.8. The van der Waals surface area contributed by atoms with Crippen molar-refractivity contribution in [1.29, 1.82) is 0 Å². The summed E-state index contributed by atoms with van der Waals surface area (Å²) in [7, 11) is 11.3. The highest BCUT2D eigenvalue weighted by Gasteiger charge is 2.39. The quantitative estimate of drug-likeness (QED) is 0.595. The van der Waals surface area contributed by atoms with Gasteiger partial charge in [0.25, 0.3) is 0 Å². The lowest BCUT2D eigenvalue weighted by atomic mass is 9.89. The molecule has 0 aromatic carbocycles. The first-order valence-electron chi connectivity index (χ1n) is 7.30. The maximum atomic E-state index is 12.5. The Labute approximate surface area is 129 Å². The maximum Gasteiger partial charge on any atom is 0.237 e. The van der Waals surface area contributed by atoms with Gasteiger partial charge in [-0.25, -0.2) is 0 Å². The predicted molar refractivity (Wildman–Crippen MR) is 86.2 cm³/mol. The molecule has 0 aliphatic carbocycles. The average molecular weight is 300 g/mol. The standard InChI is InChI=1S/C15H32N4O2/c1-15(2,13(20)18(7)11-9-16(3)4)14(21)19(8)12-10-17(5)6/h9-12H2,1-8H3. The van der Waals surface area contributed by atoms with Gasteiger partial charge in [-0.05, 0) is 42.0 Å². The van der Waals surface area contributed by atoms with Crippen LogP contribution < -0.4 is 0 Å². The molecule has 0 aromatic rings. The summed E-state index contributed by atoms with van der Waals surface area (Å²) in [6.07, 6.45) is 0. The van der Waals surface area contributed by atoms with E-state index in [0.717, 1.165) is 13.1 Å². The molecule has 6 nitrogen and oxygen atoms in total. The summed E-state index contributed by atoms with van der Waals surface area (Å²) in [6, 6.07) is 0. The number of nitrogens with zero attached hydrogens (tertiary/aromatic N) is 4. The molecule has 0 aromatic heterocycles. The third-order valence-corrected chi connectivity index (χ3v) is 3.53. The van der Waals surface area contributed by atoms with Crippen LogP contribution in [0.2, 0.25) is 0 Å². The largest absolute Gasteiger partial charge is 0.344 e. The molecule has 2 amide bonds. The van der Waals surface area contributed by atoms with Gasteiger partial charge >= 0.3 is 0 Å². The van der Waals surface area contributed by atoms with E-state index < -0.39 is 5.41 Å². The van der Waals surface area contributed by atoms with Gasteiger partial charge in [0.2, 0.25) is 11.8 Å². The van der Waals surface area contributed by atoms with Crippen molar-refractivity contribution in [1.82, 2.24) is 19.6 Å². The van der Waals surface area contributed by atoms with Gasteiger partial charge in [-0.3, -0.25) is 9.59 Å². The number of amides is 2. The topological polar surface area (TPSA) is 47.1 Å². The number of rotatable bonds is 8. The molecule has 124 valence electrons. The number of likely N-dealkylation sites (N-methyl/N-ethyl adjacent to an activating group) is 4. The number of hydrogen-bond donors (Lipinski definition) is 0. The van der Waals surface area contributed by atoms with Crippen molar-refractivity contribution in [2.75, 3.05) is 68.5 Å². The molecule has 21 heavy (non-hydrogen) atoms. The molecule has 0 spiro atoms. The Morgan fingerprint density at radius 3 is 1.19 bits per heavy atom. The third kappa shape index (κ3) is 6.44. The molecule has 0 rings (SSSR count). The Bertz CT molecular complexity index is 322. The lowest BCUT2D eigenvalue weighted by molar-refractivity contribution is -0.152. The first kappa shape index (κ1) is 19.9. The Hall–Kier alpha value is -1.14. The first-order chi connectivity index (χ1) is 9.50. The Morgan fingerprint density at radius 1 is 0.667 bits per heavy atom. The maximum absolute atomic E-state index is 12.5. The van der Waals surface area contributed by atoms with Gasteiger partial charge in [-0.15, -0.1) is 0 Å². The van der Waals surface area contributed by atoms with Gasteiger partial charge in [0.15, 0.2) is 0 Å². The van der Waals surface area contributed by atoms with Crippen molar-refractivity contribution in [2.24, 2.45) is 5.41 Å². The summed E-state index contributed by atoms with van der Waals surface area (Å²) >= 11 is 0. The van der Waals surface area contributed by atoms with Gasteiger partial charge in [0, 0.05) is 40.3 Å². The van der Waals surface area contributed by atoms with E-state index in [1.165, 1.54) is 0 Å². The Kier molecular flexibility index (Phi) is 7.89. The van der Waals surface area contributed by atoms with Crippen LogP contribution in [-0.4, -0.2) is 99.9 Å². The van der Waals surface area contributed by atoms with Gasteiger partial charge in [-0.1, -0.05) is 0 Å². The Morgan fingerprint density at radius 2 is 0.952 bits per heavy atom. The molecule has 0 saturated carbocycles. The van der Waals surface area contributed by atoms with Crippen molar-refractivity contribution in [3.8, 4) is 0 Å². The van der Waals surface area contributed by atoms with E-state index in [-0.39, 0.29) is 11.8 Å². The molecule has 0 N–H and O–H groups in total. The molecule has 0 unspecified atom stereocenters. The van der Waals surface area contributed by atoms with Crippen LogP contribution in [0.5, 0.6) is 0 Å². The molecular formula is C15H32N4O2. The number of hydrogen-bond acceptors (Lipinski definition) is 4. The zero-order valence-corrected chi connectivity index (χ0v) is 14.9. The van der Waals surface area contributed by atoms with E-state index in [9.17, 15) is 9.59 Å². The average Bonchev–Trinajstić information content (AvgIpc) is 2.39. The minimum absolute atomic E-state index is 0.133. The molecule has 0 heterocycles. The summed E-state index contributed by atoms with van der Waals surface area (Å²) < 4.78 is 0. The van der Waals surface area contributed by atoms with Crippen LogP contribution in [0.4, 0.5) is 0 Å². The molecular weight excluding hydrogens is 268 g/mol. The van der Waals surface area contributed by atoms with Crippen LogP contribution in [0.15, 0.2) is 0 Å². The molecule has 0 bridgehead atoms. The fourth-order valence-electron chi connectivity index (χ4n) is 1.95. The van der Waals surface area contributed by atoms with E-state index in [2.05, 4.69) is 0 Å². The summed E-state index contributed by atoms with van der Waals surface area (Å²) in [5.41, 5.74) is -1.03. The van der Waals surface area contributed by atoms with Crippen LogP contribution in [0.3, 0.4) is 0 Å². The molecule has 0 atom stereocenters. The fraction of sp³-hybridized carbons (Fsp3) is 0.867. The number of carbonyl (C=O) groups excluding carboxylic acids is 2. The molecule has 0 saturated heterocycles. The summed E-state index contributed by atoms with van der Waals surface area (Å²) in [4.78, 5) is 32.3. The van der Waals surface area contributed by atoms with Crippen LogP contribution in [0.1, 0.15) is 13.8 Å². The highest BCUT2D eigenvalue weighted by Crippen LogP contribution is 2.21. The van der Waals surface area contributed by atoms with Crippen molar-refractivity contribution in [3.05, 3.63) is 0 Å². The van der Waals surface area contributed by atoms with Crippen LogP contribution >= 0.6 is 0 Å². The normalized spacial score (nSPS) is 11.9. The lowest BCUT2D eigenvalue weighted by Gasteiger charge is -2.32. The SMILES string of the molecule is CN(C)CCN(C)C(=O)C(C)(C)C(=O)N(C)CCN(C)C. The van der Waals surface area contributed by atoms with E-state index in [1.54, 1.807) is 37.7 Å². The monoisotopic (exact) mass is 300 g/mol. The molecule has 0 aliphatic rings. The van der Waals surface area contributed by atoms with Crippen molar-refractivity contribution < 1.29 is 9.59 Å². The Balaban J connectivity index is 4.69. The van der Waals surface area contributed by atoms with Crippen molar-refractivity contribution in [2.45, 2.75) is 13.8 Å². The van der Waals surface area contributed by atoms with Crippen LogP contribution in [0.25, 0.3) is 0 Å². The predicted octanol–water partition coefficient (Wildman–Crippen LogP) is 0.0526. The van der Waals surface area contributed by atoms with Gasteiger partial charge in [0.1, 0.15) is 5.41 Å². The van der Waals surface area contributed by atoms with Gasteiger partial charge in [0.05, 0.1) is 0 Å². The van der Waals surface area contributed by atoms with Gasteiger partial charge in [-0.2, -0.15) is 0 Å². The minimum atomic E-state index is -1.03. The summed E-state index contributed by atoms with van der Waals surface area (Å²) in [5, 5.41) is 0. The van der Waals surface area contributed by atoms with Crippen molar-refractivity contribution in [3.63, 3.8) is 0 Å². The highest BCUT2D eigenvalue weighted by atomic mass is 16.2. The van der Waals surface area contributed by atoms with E-state index in [4.69, 9.17) is 0 Å². The van der Waals surface area contributed by atoms with E-state index >= 15 is 0 Å². The second kappa shape index (κ2) is 8.34. The third-order valence-electron chi connectivity index (χ3n) is 3.53. The van der Waals surface area contributed by atoms with Crippen molar-refractivity contribution >= 4 is 11.8 Å². The minimum Gasteiger partial charge on any atom is -0.344 e. The van der Waals surface area contributed by atoms with E-state index in [1.807, 2.05) is 38.0 Å². The molecule has 0 radical (unpaired) electrons. The second-order valence-electron chi connectivity index (χ2n) is 6.68. The molecule has 6 heteroatoms. The van der Waals surface area contributed by atoms with Gasteiger partial charge < -0.3 is 19.6 Å². The first-order valence-corrected chi connectivity index (χ1v) is 7.30. The summed E-state index contributed by atoms with van der Waals surface area (Å²) in [6.45, 7) is 6.20. The lowest BCUT2D eigenvalue weighted by Crippen LogP contribution is -2.50. The van der Waals surface area contributed by atoms with Crippen LogP contribution in [-0.2, 0) is 9.59 Å². The van der Waals surface area contributed by atoms with E-state index in [0.29, 0.717) is 13.1 Å². The highest BCUT2D eigenvalue weighted by molar-refractivity contribution is 6.04. The molecule has 0 aliphatic heterocycles. The number of carbonyl (C=O) groups is 2. The second-order valence-corrected chi connectivity index (χ2v) is 6.68. The smallest absolute Gasteiger partial charge is 0.237 e. The molecule has 0 fully saturated rings. The summed E-state index contributed by atoms with van der Waals surface area (Å²) in [5.74, 6) is -0.267.